The summed E-state index contributed by atoms with van der Waals surface area (Å²) in [5, 5.41) is 6.48. The van der Waals surface area contributed by atoms with Gasteiger partial charge in [0.25, 0.3) is 0 Å². The molecule has 2 aromatic rings. The van der Waals surface area contributed by atoms with Crippen LogP contribution in [0.4, 0.5) is 10.5 Å². The highest BCUT2D eigenvalue weighted by molar-refractivity contribution is 6.31. The van der Waals surface area contributed by atoms with E-state index in [0.29, 0.717) is 24.0 Å². The molecule has 0 spiro atoms. The number of ether oxygens (including phenoxy) is 1. The van der Waals surface area contributed by atoms with Gasteiger partial charge in [0.05, 0.1) is 12.8 Å². The van der Waals surface area contributed by atoms with E-state index in [-0.39, 0.29) is 6.03 Å². The van der Waals surface area contributed by atoms with Gasteiger partial charge in [0.15, 0.2) is 0 Å². The van der Waals surface area contributed by atoms with Crippen molar-refractivity contribution in [1.29, 1.82) is 0 Å². The molecule has 1 fully saturated rings. The molecule has 3 rings (SSSR count). The molecule has 1 aliphatic rings. The van der Waals surface area contributed by atoms with Gasteiger partial charge in [-0.15, -0.1) is 0 Å². The number of carbonyl (C=O) groups is 1. The number of para-hydroxylation sites is 2. The van der Waals surface area contributed by atoms with Crippen LogP contribution in [0.3, 0.4) is 0 Å². The third-order valence-electron chi connectivity index (χ3n) is 4.66. The first-order valence-corrected chi connectivity index (χ1v) is 9.18. The lowest BCUT2D eigenvalue weighted by atomic mass is 10.1. The molecule has 5 nitrogen and oxygen atoms in total. The fourth-order valence-electron chi connectivity index (χ4n) is 3.23. The molecular weight excluding hydrogens is 350 g/mol. The molecule has 2 N–H and O–H groups in total. The predicted octanol–water partition coefficient (Wildman–Crippen LogP) is 3.67. The monoisotopic (exact) mass is 373 g/mol. The number of nitrogens with one attached hydrogen (secondary N) is 2. The van der Waals surface area contributed by atoms with Gasteiger partial charge in [0.1, 0.15) is 5.75 Å². The Morgan fingerprint density at radius 3 is 2.77 bits per heavy atom. The molecule has 1 aliphatic heterocycles. The summed E-state index contributed by atoms with van der Waals surface area (Å²) in [6, 6.07) is 15.4. The lowest BCUT2D eigenvalue weighted by Gasteiger charge is -2.21. The molecule has 0 saturated carbocycles. The van der Waals surface area contributed by atoms with E-state index < -0.39 is 0 Å². The van der Waals surface area contributed by atoms with Crippen molar-refractivity contribution in [3.8, 4) is 5.75 Å². The Morgan fingerprint density at radius 1 is 1.19 bits per heavy atom. The van der Waals surface area contributed by atoms with Crippen molar-refractivity contribution in [2.45, 2.75) is 13.0 Å². The molecule has 0 radical (unpaired) electrons. The molecule has 138 valence electrons. The second kappa shape index (κ2) is 8.81. The van der Waals surface area contributed by atoms with Crippen molar-refractivity contribution in [2.75, 3.05) is 31.6 Å². The number of benzene rings is 2. The first kappa shape index (κ1) is 18.4. The average molecular weight is 374 g/mol. The van der Waals surface area contributed by atoms with E-state index in [1.165, 1.54) is 0 Å². The zero-order chi connectivity index (χ0) is 18.4. The van der Waals surface area contributed by atoms with Crippen LogP contribution >= 0.6 is 11.6 Å². The number of methoxy groups -OCH3 is 1. The number of rotatable bonds is 6. The summed E-state index contributed by atoms with van der Waals surface area (Å²) < 4.78 is 5.44. The molecule has 2 aromatic carbocycles. The second-order valence-electron chi connectivity index (χ2n) is 6.43. The zero-order valence-corrected chi connectivity index (χ0v) is 15.6. The molecule has 1 atom stereocenters. The number of urea groups is 1. The summed E-state index contributed by atoms with van der Waals surface area (Å²) in [5.74, 6) is 1.31. The van der Waals surface area contributed by atoms with Crippen LogP contribution in [0.2, 0.25) is 5.02 Å². The fraction of sp³-hybridized carbons (Fsp3) is 0.350. The average Bonchev–Trinajstić information content (AvgIpc) is 3.14. The first-order valence-electron chi connectivity index (χ1n) is 8.80. The van der Waals surface area contributed by atoms with Crippen LogP contribution in [0.1, 0.15) is 12.0 Å². The molecule has 2 amide bonds. The van der Waals surface area contributed by atoms with E-state index >= 15 is 0 Å². The van der Waals surface area contributed by atoms with Crippen LogP contribution in [-0.2, 0) is 6.54 Å². The van der Waals surface area contributed by atoms with Crippen molar-refractivity contribution in [3.05, 3.63) is 59.1 Å². The van der Waals surface area contributed by atoms with E-state index in [1.807, 2.05) is 42.5 Å². The lowest BCUT2D eigenvalue weighted by molar-refractivity contribution is 0.239. The van der Waals surface area contributed by atoms with Crippen molar-refractivity contribution in [3.63, 3.8) is 0 Å². The molecule has 0 bridgehead atoms. The van der Waals surface area contributed by atoms with Crippen molar-refractivity contribution >= 4 is 23.3 Å². The van der Waals surface area contributed by atoms with Crippen LogP contribution in [0.15, 0.2) is 48.5 Å². The largest absolute Gasteiger partial charge is 0.495 e. The van der Waals surface area contributed by atoms with E-state index in [1.54, 1.807) is 7.11 Å². The Labute approximate surface area is 159 Å². The normalized spacial score (nSPS) is 16.4. The lowest BCUT2D eigenvalue weighted by Crippen LogP contribution is -2.38. The van der Waals surface area contributed by atoms with Crippen molar-refractivity contribution in [1.82, 2.24) is 10.6 Å². The van der Waals surface area contributed by atoms with E-state index in [2.05, 4.69) is 21.6 Å². The summed E-state index contributed by atoms with van der Waals surface area (Å²) in [4.78, 5) is 14.3. The number of hydrogen-bond donors (Lipinski definition) is 2. The zero-order valence-electron chi connectivity index (χ0n) is 14.9. The summed E-state index contributed by atoms with van der Waals surface area (Å²) >= 11 is 6.10. The first-order chi connectivity index (χ1) is 12.7. The number of halogens is 1. The topological polar surface area (TPSA) is 53.6 Å². The highest BCUT2D eigenvalue weighted by Crippen LogP contribution is 2.31. The van der Waals surface area contributed by atoms with Gasteiger partial charge in [0.2, 0.25) is 0 Å². The number of nitrogens with zero attached hydrogens (tertiary/aromatic N) is 1. The molecule has 0 aromatic heterocycles. The molecule has 6 heteroatoms. The molecule has 1 unspecified atom stereocenters. The second-order valence-corrected chi connectivity index (χ2v) is 6.83. The van der Waals surface area contributed by atoms with Crippen LogP contribution in [0, 0.1) is 5.92 Å². The molecule has 1 heterocycles. The highest BCUT2D eigenvalue weighted by atomic mass is 35.5. The maximum absolute atomic E-state index is 12.0. The summed E-state index contributed by atoms with van der Waals surface area (Å²) in [7, 11) is 1.69. The predicted molar refractivity (Wildman–Crippen MR) is 105 cm³/mol. The van der Waals surface area contributed by atoms with E-state index in [4.69, 9.17) is 16.3 Å². The van der Waals surface area contributed by atoms with Crippen LogP contribution in [0.5, 0.6) is 5.75 Å². The Morgan fingerprint density at radius 2 is 1.96 bits per heavy atom. The van der Waals surface area contributed by atoms with Crippen molar-refractivity contribution < 1.29 is 9.53 Å². The van der Waals surface area contributed by atoms with Gasteiger partial charge in [-0.25, -0.2) is 4.79 Å². The van der Waals surface area contributed by atoms with Gasteiger partial charge < -0.3 is 20.3 Å². The van der Waals surface area contributed by atoms with Crippen LogP contribution in [-0.4, -0.2) is 32.8 Å². The minimum atomic E-state index is -0.166. The Bertz CT molecular complexity index is 753. The van der Waals surface area contributed by atoms with Gasteiger partial charge in [-0.05, 0) is 36.1 Å². The molecule has 26 heavy (non-hydrogen) atoms. The third-order valence-corrected chi connectivity index (χ3v) is 5.03. The summed E-state index contributed by atoms with van der Waals surface area (Å²) in [6.07, 6.45) is 1.04. The minimum Gasteiger partial charge on any atom is -0.495 e. The Kier molecular flexibility index (Phi) is 6.23. The van der Waals surface area contributed by atoms with E-state index in [0.717, 1.165) is 36.5 Å². The van der Waals surface area contributed by atoms with Gasteiger partial charge >= 0.3 is 6.03 Å². The molecule has 0 aliphatic carbocycles. The van der Waals surface area contributed by atoms with Crippen LogP contribution in [0.25, 0.3) is 0 Å². The Hall–Kier alpha value is -2.40. The highest BCUT2D eigenvalue weighted by Gasteiger charge is 2.24. The molecular formula is C20H24ClN3O2. The summed E-state index contributed by atoms with van der Waals surface area (Å²) in [6.45, 7) is 2.95. The number of hydrogen-bond acceptors (Lipinski definition) is 3. The van der Waals surface area contributed by atoms with Gasteiger partial charge in [0, 0.05) is 31.2 Å². The maximum atomic E-state index is 12.0. The van der Waals surface area contributed by atoms with Gasteiger partial charge in [-0.3, -0.25) is 0 Å². The number of carbonyl (C=O) groups excluding carboxylic acids is 1. The van der Waals surface area contributed by atoms with Crippen LogP contribution < -0.4 is 20.3 Å². The number of amides is 2. The van der Waals surface area contributed by atoms with E-state index in [9.17, 15) is 4.79 Å². The quantitative estimate of drug-likeness (QED) is 0.812. The summed E-state index contributed by atoms with van der Waals surface area (Å²) in [5.41, 5.74) is 2.02. The minimum absolute atomic E-state index is 0.166. The standard InChI is InChI=1S/C20H24ClN3O2/c1-26-19-9-5-4-8-18(19)24-11-10-15(14-24)12-22-20(25)23-13-16-6-2-3-7-17(16)21/h2-9,15H,10-14H2,1H3,(H2,22,23,25). The van der Waals surface area contributed by atoms with Crippen molar-refractivity contribution in [2.24, 2.45) is 5.92 Å². The smallest absolute Gasteiger partial charge is 0.315 e. The molecule has 1 saturated heterocycles. The number of anilines is 1. The van der Waals surface area contributed by atoms with Gasteiger partial charge in [-0.1, -0.05) is 41.9 Å². The van der Waals surface area contributed by atoms with Gasteiger partial charge in [-0.2, -0.15) is 0 Å². The fourth-order valence-corrected chi connectivity index (χ4v) is 3.43. The maximum Gasteiger partial charge on any atom is 0.315 e. The SMILES string of the molecule is COc1ccccc1N1CCC(CNC(=O)NCc2ccccc2Cl)C1. The third kappa shape index (κ3) is 4.61. The Balaban J connectivity index is 1.44.